The number of Topliss-reactive ketones (excluding diaryl/α,β-unsaturated/α-hetero) is 1. The fraction of sp³-hybridized carbons (Fsp3) is 0.526. The van der Waals surface area contributed by atoms with Crippen LogP contribution in [0.1, 0.15) is 25.7 Å². The molecule has 0 aromatic heterocycles. The van der Waals surface area contributed by atoms with Crippen molar-refractivity contribution in [2.75, 3.05) is 18.5 Å². The number of fused-ring (bicyclic) bond motifs is 2. The van der Waals surface area contributed by atoms with Crippen molar-refractivity contribution in [3.8, 4) is 17.6 Å². The number of nitrogens with one attached hydrogen (secondary N) is 1. The molecule has 130 valence electrons. The van der Waals surface area contributed by atoms with E-state index in [0.29, 0.717) is 42.2 Å². The van der Waals surface area contributed by atoms with Gasteiger partial charge in [-0.2, -0.15) is 5.26 Å². The zero-order valence-corrected chi connectivity index (χ0v) is 13.9. The Morgan fingerprint density at radius 3 is 2.48 bits per heavy atom. The average molecular weight is 340 g/mol. The molecule has 0 spiro atoms. The van der Waals surface area contributed by atoms with E-state index in [1.54, 1.807) is 18.2 Å². The van der Waals surface area contributed by atoms with Crippen molar-refractivity contribution in [1.82, 2.24) is 0 Å². The summed E-state index contributed by atoms with van der Waals surface area (Å²) in [6, 6.07) is 6.95. The molecule has 6 heteroatoms. The molecule has 4 rings (SSSR count). The van der Waals surface area contributed by atoms with Crippen LogP contribution < -0.4 is 14.8 Å². The third-order valence-electron chi connectivity index (χ3n) is 5.47. The number of carbonyl (C=O) groups excluding carboxylic acids is 2. The molecule has 6 nitrogen and oxygen atoms in total. The van der Waals surface area contributed by atoms with Gasteiger partial charge in [0.2, 0.25) is 5.91 Å². The van der Waals surface area contributed by atoms with Crippen molar-refractivity contribution >= 4 is 17.4 Å². The maximum Gasteiger partial charge on any atom is 0.249 e. The monoisotopic (exact) mass is 340 g/mol. The second kappa shape index (κ2) is 6.40. The summed E-state index contributed by atoms with van der Waals surface area (Å²) in [6.45, 7) is 0.946. The summed E-state index contributed by atoms with van der Waals surface area (Å²) in [4.78, 5) is 25.1. The van der Waals surface area contributed by atoms with Crippen LogP contribution in [0.25, 0.3) is 0 Å². The molecule has 4 atom stereocenters. The van der Waals surface area contributed by atoms with Crippen LogP contribution >= 0.6 is 0 Å². The minimum atomic E-state index is -1.25. The van der Waals surface area contributed by atoms with Crippen LogP contribution in [0, 0.1) is 35.0 Å². The molecule has 3 aliphatic rings. The number of nitriles is 1. The molecule has 1 aliphatic heterocycles. The standard InChI is InChI=1S/C19H20N2O4/c20-10-14(18(22)17-12-3-1-2-4-13(12)17)19(23)21-11-5-6-15-16(9-11)25-8-7-24-15/h5-6,9,12-14,17H,1-4,7-8H2,(H,21,23)/t12-,13+,14-,17?/m1/s1. The smallest absolute Gasteiger partial charge is 0.249 e. The average Bonchev–Trinajstić information content (AvgIpc) is 3.36. The maximum atomic E-state index is 12.6. The summed E-state index contributed by atoms with van der Waals surface area (Å²) >= 11 is 0. The van der Waals surface area contributed by atoms with Gasteiger partial charge in [0, 0.05) is 17.7 Å². The molecule has 0 saturated heterocycles. The summed E-state index contributed by atoms with van der Waals surface area (Å²) < 4.78 is 10.9. The molecule has 2 saturated carbocycles. The Labute approximate surface area is 146 Å². The van der Waals surface area contributed by atoms with Crippen molar-refractivity contribution in [2.45, 2.75) is 25.7 Å². The summed E-state index contributed by atoms with van der Waals surface area (Å²) in [6.07, 6.45) is 4.38. The number of benzene rings is 1. The fourth-order valence-electron chi connectivity index (χ4n) is 4.19. The molecule has 0 radical (unpaired) electrons. The summed E-state index contributed by atoms with van der Waals surface area (Å²) in [7, 11) is 0. The molecular formula is C19H20N2O4. The highest BCUT2D eigenvalue weighted by Crippen LogP contribution is 2.56. The molecule has 1 N–H and O–H groups in total. The lowest BCUT2D eigenvalue weighted by molar-refractivity contribution is -0.130. The van der Waals surface area contributed by atoms with Gasteiger partial charge in [0.25, 0.3) is 0 Å². The topological polar surface area (TPSA) is 88.4 Å². The number of ether oxygens (including phenoxy) is 2. The van der Waals surface area contributed by atoms with Crippen LogP contribution in [-0.4, -0.2) is 24.9 Å². The van der Waals surface area contributed by atoms with Gasteiger partial charge in [0.05, 0.1) is 6.07 Å². The van der Waals surface area contributed by atoms with Crippen LogP contribution in [0.5, 0.6) is 11.5 Å². The normalized spacial score (nSPS) is 27.4. The van der Waals surface area contributed by atoms with E-state index in [-0.39, 0.29) is 11.7 Å². The lowest BCUT2D eigenvalue weighted by Gasteiger charge is -2.19. The number of hydrogen-bond acceptors (Lipinski definition) is 5. The van der Waals surface area contributed by atoms with Crippen molar-refractivity contribution in [2.24, 2.45) is 23.7 Å². The van der Waals surface area contributed by atoms with Gasteiger partial charge in [0.15, 0.2) is 23.2 Å². The van der Waals surface area contributed by atoms with Gasteiger partial charge >= 0.3 is 0 Å². The lowest BCUT2D eigenvalue weighted by atomic mass is 9.99. The molecule has 1 heterocycles. The van der Waals surface area contributed by atoms with E-state index in [0.717, 1.165) is 25.7 Å². The SMILES string of the molecule is N#C[C@@H](C(=O)Nc1ccc2c(c1)OCCO2)C(=O)C1[C@H]2CCCC[C@@H]12. The first-order chi connectivity index (χ1) is 12.2. The van der Waals surface area contributed by atoms with E-state index in [2.05, 4.69) is 5.32 Å². The first kappa shape index (κ1) is 15.9. The second-order valence-corrected chi connectivity index (χ2v) is 6.95. The number of anilines is 1. The van der Waals surface area contributed by atoms with E-state index in [1.165, 1.54) is 0 Å². The molecule has 2 fully saturated rings. The van der Waals surface area contributed by atoms with Gasteiger partial charge in [-0.05, 0) is 36.8 Å². The Hall–Kier alpha value is -2.55. The first-order valence-electron chi connectivity index (χ1n) is 8.83. The first-order valence-corrected chi connectivity index (χ1v) is 8.83. The molecule has 1 aromatic rings. The Morgan fingerprint density at radius 2 is 1.80 bits per heavy atom. The molecule has 1 amide bonds. The number of amides is 1. The highest BCUT2D eigenvalue weighted by molar-refractivity contribution is 6.11. The number of rotatable bonds is 4. The highest BCUT2D eigenvalue weighted by Gasteiger charge is 2.56. The Morgan fingerprint density at radius 1 is 1.12 bits per heavy atom. The van der Waals surface area contributed by atoms with Crippen molar-refractivity contribution < 1.29 is 19.1 Å². The van der Waals surface area contributed by atoms with E-state index in [9.17, 15) is 14.9 Å². The van der Waals surface area contributed by atoms with Crippen LogP contribution in [0.3, 0.4) is 0 Å². The minimum absolute atomic E-state index is 0.0989. The van der Waals surface area contributed by atoms with Gasteiger partial charge in [-0.1, -0.05) is 12.8 Å². The Bertz CT molecular complexity index is 742. The molecule has 25 heavy (non-hydrogen) atoms. The summed E-state index contributed by atoms with van der Waals surface area (Å²) in [5.41, 5.74) is 0.496. The van der Waals surface area contributed by atoms with E-state index < -0.39 is 11.8 Å². The second-order valence-electron chi connectivity index (χ2n) is 6.95. The predicted octanol–water partition coefficient (Wildman–Crippen LogP) is 2.54. The third-order valence-corrected chi connectivity index (χ3v) is 5.47. The Kier molecular flexibility index (Phi) is 4.08. The molecule has 0 bridgehead atoms. The van der Waals surface area contributed by atoms with Gasteiger partial charge in [-0.3, -0.25) is 9.59 Å². The highest BCUT2D eigenvalue weighted by atomic mass is 16.6. The van der Waals surface area contributed by atoms with Gasteiger partial charge < -0.3 is 14.8 Å². The number of hydrogen-bond donors (Lipinski definition) is 1. The number of nitrogens with zero attached hydrogens (tertiary/aromatic N) is 1. The summed E-state index contributed by atoms with van der Waals surface area (Å²) in [5.74, 6) is -0.168. The largest absolute Gasteiger partial charge is 0.486 e. The number of ketones is 1. The quantitative estimate of drug-likeness (QED) is 0.851. The van der Waals surface area contributed by atoms with Crippen molar-refractivity contribution in [3.05, 3.63) is 18.2 Å². The van der Waals surface area contributed by atoms with E-state index in [4.69, 9.17) is 9.47 Å². The molecule has 2 aliphatic carbocycles. The molecule has 1 aromatic carbocycles. The van der Waals surface area contributed by atoms with E-state index in [1.807, 2.05) is 6.07 Å². The van der Waals surface area contributed by atoms with Crippen LogP contribution in [-0.2, 0) is 9.59 Å². The zero-order chi connectivity index (χ0) is 17.4. The predicted molar refractivity (Wildman–Crippen MR) is 89.1 cm³/mol. The van der Waals surface area contributed by atoms with Crippen LogP contribution in [0.4, 0.5) is 5.69 Å². The summed E-state index contributed by atoms with van der Waals surface area (Å²) in [5, 5.41) is 12.0. The van der Waals surface area contributed by atoms with Gasteiger partial charge in [0.1, 0.15) is 13.2 Å². The van der Waals surface area contributed by atoms with Crippen LogP contribution in [0.2, 0.25) is 0 Å². The zero-order valence-electron chi connectivity index (χ0n) is 13.9. The van der Waals surface area contributed by atoms with Gasteiger partial charge in [-0.25, -0.2) is 0 Å². The lowest BCUT2D eigenvalue weighted by Crippen LogP contribution is -2.30. The maximum absolute atomic E-state index is 12.6. The van der Waals surface area contributed by atoms with Crippen LogP contribution in [0.15, 0.2) is 18.2 Å². The Balaban J connectivity index is 1.44. The van der Waals surface area contributed by atoms with E-state index >= 15 is 0 Å². The molecular weight excluding hydrogens is 320 g/mol. The van der Waals surface area contributed by atoms with Crippen molar-refractivity contribution in [3.63, 3.8) is 0 Å². The minimum Gasteiger partial charge on any atom is -0.486 e. The third kappa shape index (κ3) is 2.95. The molecule has 1 unspecified atom stereocenters. The number of carbonyl (C=O) groups is 2. The van der Waals surface area contributed by atoms with Gasteiger partial charge in [-0.15, -0.1) is 0 Å². The fourth-order valence-corrected chi connectivity index (χ4v) is 4.19. The van der Waals surface area contributed by atoms with Crippen molar-refractivity contribution in [1.29, 1.82) is 5.26 Å².